The Balaban J connectivity index is 1.60. The van der Waals surface area contributed by atoms with Gasteiger partial charge in [-0.2, -0.15) is 0 Å². The van der Waals surface area contributed by atoms with Crippen LogP contribution in [0.15, 0.2) is 46.2 Å². The Morgan fingerprint density at radius 3 is 2.89 bits per heavy atom. The number of nitrogens with one attached hydrogen (secondary N) is 1. The van der Waals surface area contributed by atoms with Crippen molar-refractivity contribution in [1.29, 1.82) is 0 Å². The first-order chi connectivity index (χ1) is 13.5. The molecule has 1 N–H and O–H groups in total. The van der Waals surface area contributed by atoms with Gasteiger partial charge in [0.2, 0.25) is 0 Å². The van der Waals surface area contributed by atoms with Crippen molar-refractivity contribution in [3.8, 4) is 11.5 Å². The number of carbonyl (C=O) groups excluding carboxylic acids is 1. The molecule has 0 saturated heterocycles. The zero-order valence-electron chi connectivity index (χ0n) is 15.3. The zero-order chi connectivity index (χ0) is 19.9. The first-order valence-electron chi connectivity index (χ1n) is 8.29. The highest BCUT2D eigenvalue weighted by Crippen LogP contribution is 2.30. The largest absolute Gasteiger partial charge is 0.491 e. The third-order valence-corrected chi connectivity index (χ3v) is 5.69. The molecule has 146 valence electrons. The molecule has 28 heavy (non-hydrogen) atoms. The van der Waals surface area contributed by atoms with Crippen molar-refractivity contribution < 1.29 is 18.7 Å². The second-order valence-corrected chi connectivity index (χ2v) is 7.80. The molecule has 0 atom stereocenters. The summed E-state index contributed by atoms with van der Waals surface area (Å²) in [5.41, 5.74) is 2.13. The van der Waals surface area contributed by atoms with Crippen LogP contribution in [0.2, 0.25) is 0 Å². The van der Waals surface area contributed by atoms with Gasteiger partial charge in [0.05, 0.1) is 19.0 Å². The molecule has 0 spiro atoms. The van der Waals surface area contributed by atoms with Crippen molar-refractivity contribution in [3.05, 3.63) is 59.1 Å². The number of hydrogen-bond donors (Lipinski definition) is 1. The molecule has 0 saturated carbocycles. The minimum atomic E-state index is -0.424. The number of aromatic nitrogens is 2. The molecule has 0 bridgehead atoms. The number of carbonyl (C=O) groups is 1. The minimum Gasteiger partial charge on any atom is -0.491 e. The number of methoxy groups -OCH3 is 1. The third-order valence-electron chi connectivity index (χ3n) is 3.52. The van der Waals surface area contributed by atoms with Crippen molar-refractivity contribution in [2.75, 3.05) is 19.0 Å². The van der Waals surface area contributed by atoms with Gasteiger partial charge in [-0.1, -0.05) is 17.8 Å². The van der Waals surface area contributed by atoms with E-state index < -0.39 is 11.7 Å². The maximum atomic E-state index is 13.2. The number of nitrogens with zero attached hydrogens (tertiary/aromatic N) is 2. The van der Waals surface area contributed by atoms with Crippen molar-refractivity contribution >= 4 is 34.7 Å². The highest BCUT2D eigenvalue weighted by atomic mass is 32.2. The minimum absolute atomic E-state index is 0.241. The fraction of sp³-hybridized carbons (Fsp3) is 0.211. The van der Waals surface area contributed by atoms with E-state index in [1.54, 1.807) is 41.4 Å². The molecule has 0 radical (unpaired) electrons. The number of aryl methyl sites for hydroxylation is 1. The fourth-order valence-electron chi connectivity index (χ4n) is 2.25. The van der Waals surface area contributed by atoms with Crippen LogP contribution in [0, 0.1) is 12.7 Å². The van der Waals surface area contributed by atoms with Crippen molar-refractivity contribution in [3.63, 3.8) is 0 Å². The third kappa shape index (κ3) is 5.67. The number of pyridine rings is 1. The number of thiazole rings is 1. The highest BCUT2D eigenvalue weighted by Gasteiger charge is 2.11. The number of hydrogen-bond acceptors (Lipinski definition) is 7. The molecule has 0 unspecified atom stereocenters. The van der Waals surface area contributed by atoms with E-state index in [-0.39, 0.29) is 6.61 Å². The Kier molecular flexibility index (Phi) is 6.83. The zero-order valence-corrected chi connectivity index (χ0v) is 16.9. The van der Waals surface area contributed by atoms with Gasteiger partial charge in [0.15, 0.2) is 18.1 Å². The second-order valence-electron chi connectivity index (χ2n) is 5.72. The Bertz CT molecular complexity index is 965. The van der Waals surface area contributed by atoms with E-state index in [0.29, 0.717) is 22.9 Å². The summed E-state index contributed by atoms with van der Waals surface area (Å²) in [6, 6.07) is 7.40. The number of amides is 1. The van der Waals surface area contributed by atoms with Gasteiger partial charge in [-0.15, -0.1) is 11.3 Å². The molecular formula is C19H18FN3O3S2. The van der Waals surface area contributed by atoms with Gasteiger partial charge in [-0.25, -0.2) is 9.37 Å². The predicted octanol–water partition coefficient (Wildman–Crippen LogP) is 4.30. The Morgan fingerprint density at radius 1 is 1.32 bits per heavy atom. The number of halogens is 1. The molecular weight excluding hydrogens is 401 g/mol. The molecule has 0 aliphatic carbocycles. The normalized spacial score (nSPS) is 10.5. The van der Waals surface area contributed by atoms with Crippen LogP contribution in [0.4, 0.5) is 10.1 Å². The van der Waals surface area contributed by atoms with Crippen LogP contribution in [-0.4, -0.2) is 29.6 Å². The predicted molar refractivity (Wildman–Crippen MR) is 108 cm³/mol. The summed E-state index contributed by atoms with van der Waals surface area (Å²) >= 11 is 3.16. The first-order valence-corrected chi connectivity index (χ1v) is 10.2. The number of thioether (sulfide) groups is 1. The molecule has 2 heterocycles. The first kappa shape index (κ1) is 20.1. The molecule has 9 heteroatoms. The lowest BCUT2D eigenvalue weighted by Gasteiger charge is -2.12. The number of benzene rings is 1. The lowest BCUT2D eigenvalue weighted by Crippen LogP contribution is -2.20. The van der Waals surface area contributed by atoms with Gasteiger partial charge in [-0.3, -0.25) is 9.78 Å². The summed E-state index contributed by atoms with van der Waals surface area (Å²) in [5.74, 6) is 0.629. The van der Waals surface area contributed by atoms with Crippen molar-refractivity contribution in [1.82, 2.24) is 9.97 Å². The van der Waals surface area contributed by atoms with Crippen LogP contribution < -0.4 is 14.8 Å². The second kappa shape index (κ2) is 9.52. The van der Waals surface area contributed by atoms with Gasteiger partial charge in [0, 0.05) is 28.6 Å². The smallest absolute Gasteiger partial charge is 0.262 e. The highest BCUT2D eigenvalue weighted by molar-refractivity contribution is 8.00. The summed E-state index contributed by atoms with van der Waals surface area (Å²) in [6.07, 6.45) is 1.56. The standard InChI is InChI=1S/C19H18FN3O3S2/c1-12-10-27-19(22-12)28-11-15-7-16(17(25-2)8-21-15)26-9-18(24)23-14-5-3-4-13(20)6-14/h3-8,10H,9,11H2,1-2H3,(H,23,24). The number of anilines is 1. The van der Waals surface area contributed by atoms with Crippen molar-refractivity contribution in [2.24, 2.45) is 0 Å². The average molecular weight is 420 g/mol. The van der Waals surface area contributed by atoms with E-state index in [0.717, 1.165) is 15.7 Å². The van der Waals surface area contributed by atoms with E-state index >= 15 is 0 Å². The maximum Gasteiger partial charge on any atom is 0.262 e. The molecule has 2 aromatic heterocycles. The topological polar surface area (TPSA) is 73.3 Å². The Hall–Kier alpha value is -2.65. The summed E-state index contributed by atoms with van der Waals surface area (Å²) in [6.45, 7) is 1.71. The molecule has 0 aliphatic heterocycles. The van der Waals surface area contributed by atoms with E-state index in [2.05, 4.69) is 15.3 Å². The summed E-state index contributed by atoms with van der Waals surface area (Å²) in [7, 11) is 1.50. The van der Waals surface area contributed by atoms with Gasteiger partial charge in [0.25, 0.3) is 5.91 Å². The van der Waals surface area contributed by atoms with Gasteiger partial charge in [-0.05, 0) is 25.1 Å². The monoisotopic (exact) mass is 419 g/mol. The van der Waals surface area contributed by atoms with Crippen LogP contribution in [0.1, 0.15) is 11.4 Å². The molecule has 0 aliphatic rings. The molecule has 1 aromatic carbocycles. The van der Waals surface area contributed by atoms with Crippen LogP contribution in [0.3, 0.4) is 0 Å². The maximum absolute atomic E-state index is 13.2. The van der Waals surface area contributed by atoms with E-state index in [1.165, 1.54) is 25.3 Å². The molecule has 6 nitrogen and oxygen atoms in total. The van der Waals surface area contributed by atoms with E-state index in [1.807, 2.05) is 12.3 Å². The Labute approximate surface area is 170 Å². The van der Waals surface area contributed by atoms with Crippen LogP contribution in [0.5, 0.6) is 11.5 Å². The quantitative estimate of drug-likeness (QED) is 0.549. The van der Waals surface area contributed by atoms with E-state index in [9.17, 15) is 9.18 Å². The van der Waals surface area contributed by atoms with Gasteiger partial charge >= 0.3 is 0 Å². The number of ether oxygens (including phenoxy) is 2. The number of rotatable bonds is 8. The van der Waals surface area contributed by atoms with Crippen molar-refractivity contribution in [2.45, 2.75) is 17.0 Å². The van der Waals surface area contributed by atoms with Crippen LogP contribution >= 0.6 is 23.1 Å². The van der Waals surface area contributed by atoms with Crippen LogP contribution in [0.25, 0.3) is 0 Å². The lowest BCUT2D eigenvalue weighted by atomic mass is 10.3. The molecule has 1 amide bonds. The summed E-state index contributed by atoms with van der Waals surface area (Å²) < 4.78 is 25.0. The average Bonchev–Trinajstić information content (AvgIpc) is 3.10. The SMILES string of the molecule is COc1cnc(CSc2nc(C)cs2)cc1OCC(=O)Nc1cccc(F)c1. The lowest BCUT2D eigenvalue weighted by molar-refractivity contribution is -0.118. The van der Waals surface area contributed by atoms with Gasteiger partial charge < -0.3 is 14.8 Å². The fourth-order valence-corrected chi connectivity index (χ4v) is 4.00. The Morgan fingerprint density at radius 2 is 2.18 bits per heavy atom. The molecule has 3 aromatic rings. The molecule has 0 fully saturated rings. The summed E-state index contributed by atoms with van der Waals surface area (Å²) in [5, 5.41) is 4.58. The summed E-state index contributed by atoms with van der Waals surface area (Å²) in [4.78, 5) is 20.8. The van der Waals surface area contributed by atoms with E-state index in [4.69, 9.17) is 9.47 Å². The van der Waals surface area contributed by atoms with Crippen LogP contribution in [-0.2, 0) is 10.5 Å². The molecule has 3 rings (SSSR count). The van der Waals surface area contributed by atoms with Gasteiger partial charge in [0.1, 0.15) is 10.2 Å².